The van der Waals surface area contributed by atoms with Crippen LogP contribution in [0.3, 0.4) is 0 Å². The van der Waals surface area contributed by atoms with Crippen molar-refractivity contribution >= 4 is 22.6 Å². The Hall–Kier alpha value is -3.45. The van der Waals surface area contributed by atoms with Crippen molar-refractivity contribution in [3.05, 3.63) is 82.9 Å². The van der Waals surface area contributed by atoms with Crippen molar-refractivity contribution in [2.75, 3.05) is 26.2 Å². The monoisotopic (exact) mass is 415 g/mol. The second kappa shape index (κ2) is 8.35. The number of carbonyl (C=O) groups excluding carboxylic acids is 1. The normalized spacial score (nSPS) is 15.0. The fraction of sp³-hybridized carbons (Fsp3) is 0.292. The molecular formula is C24H25N5O2. The molecule has 1 aromatic carbocycles. The summed E-state index contributed by atoms with van der Waals surface area (Å²) in [6, 6.07) is 17.9. The molecule has 0 N–H and O–H groups in total. The number of benzene rings is 1. The summed E-state index contributed by atoms with van der Waals surface area (Å²) in [7, 11) is 0. The third kappa shape index (κ3) is 3.84. The smallest absolute Gasteiger partial charge is 0.276 e. The molecule has 0 aliphatic carbocycles. The zero-order valence-corrected chi connectivity index (χ0v) is 17.4. The number of aromatic nitrogens is 3. The van der Waals surface area contributed by atoms with Gasteiger partial charge in [-0.15, -0.1) is 0 Å². The summed E-state index contributed by atoms with van der Waals surface area (Å²) < 4.78 is 3.49. The van der Waals surface area contributed by atoms with Crippen molar-refractivity contribution in [1.29, 1.82) is 0 Å². The fourth-order valence-corrected chi connectivity index (χ4v) is 4.35. The van der Waals surface area contributed by atoms with Crippen LogP contribution in [-0.2, 0) is 17.9 Å². The Kier molecular flexibility index (Phi) is 5.26. The van der Waals surface area contributed by atoms with E-state index in [-0.39, 0.29) is 11.5 Å². The lowest BCUT2D eigenvalue weighted by molar-refractivity contribution is -0.133. The van der Waals surface area contributed by atoms with Gasteiger partial charge in [0.1, 0.15) is 5.52 Å². The number of piperazine rings is 1. The Labute approximate surface area is 180 Å². The van der Waals surface area contributed by atoms with E-state index in [0.717, 1.165) is 38.2 Å². The van der Waals surface area contributed by atoms with Crippen LogP contribution < -0.4 is 5.56 Å². The number of amides is 1. The van der Waals surface area contributed by atoms with Crippen LogP contribution in [0.4, 0.5) is 0 Å². The number of nitrogens with zero attached hydrogens (tertiary/aromatic N) is 5. The van der Waals surface area contributed by atoms with E-state index in [2.05, 4.69) is 34.1 Å². The fourth-order valence-electron chi connectivity index (χ4n) is 4.35. The summed E-state index contributed by atoms with van der Waals surface area (Å²) in [6.07, 6.45) is 3.84. The number of aryl methyl sites for hydroxylation is 1. The van der Waals surface area contributed by atoms with Crippen LogP contribution in [0.1, 0.15) is 12.0 Å². The molecule has 158 valence electrons. The zero-order valence-electron chi connectivity index (χ0n) is 17.4. The topological polar surface area (TPSA) is 62.9 Å². The summed E-state index contributed by atoms with van der Waals surface area (Å²) in [5.74, 6) is 0.0885. The molecule has 0 radical (unpaired) electrons. The SMILES string of the molecule is O=C(CCn1c(=O)c2cccn2c2cccnc21)N1CCN(Cc2ccccc2)CC1. The second-order valence-electron chi connectivity index (χ2n) is 7.96. The van der Waals surface area contributed by atoms with Crippen molar-refractivity contribution in [3.8, 4) is 0 Å². The molecule has 1 amide bonds. The summed E-state index contributed by atoms with van der Waals surface area (Å²) in [5, 5.41) is 0. The van der Waals surface area contributed by atoms with Gasteiger partial charge in [0.05, 0.1) is 5.52 Å². The van der Waals surface area contributed by atoms with Gasteiger partial charge in [-0.3, -0.25) is 19.1 Å². The molecule has 0 bridgehead atoms. The first-order valence-electron chi connectivity index (χ1n) is 10.7. The van der Waals surface area contributed by atoms with E-state index in [0.29, 0.717) is 24.1 Å². The maximum absolute atomic E-state index is 13.0. The van der Waals surface area contributed by atoms with Crippen molar-refractivity contribution in [2.24, 2.45) is 0 Å². The standard InChI is InChI=1S/C24H25N5O2/c30-22(27-16-14-26(15-17-27)18-19-6-2-1-3-7-19)10-13-29-23-20(8-4-11-25-23)28-12-5-9-21(28)24(29)31/h1-9,11-12H,10,13-18H2. The third-order valence-electron chi connectivity index (χ3n) is 6.02. The van der Waals surface area contributed by atoms with E-state index in [4.69, 9.17) is 0 Å². The van der Waals surface area contributed by atoms with Crippen LogP contribution in [0.2, 0.25) is 0 Å². The van der Waals surface area contributed by atoms with Gasteiger partial charge in [0.15, 0.2) is 5.65 Å². The molecule has 7 heteroatoms. The predicted molar refractivity (Wildman–Crippen MR) is 120 cm³/mol. The number of hydrogen-bond acceptors (Lipinski definition) is 4. The van der Waals surface area contributed by atoms with E-state index >= 15 is 0 Å². The molecule has 3 aromatic heterocycles. The van der Waals surface area contributed by atoms with Crippen molar-refractivity contribution in [2.45, 2.75) is 19.5 Å². The van der Waals surface area contributed by atoms with Crippen LogP contribution in [0, 0.1) is 0 Å². The number of rotatable bonds is 5. The minimum absolute atomic E-state index is 0.0885. The molecule has 4 aromatic rings. The number of pyridine rings is 1. The van der Waals surface area contributed by atoms with Crippen LogP contribution in [0.25, 0.3) is 16.7 Å². The highest BCUT2D eigenvalue weighted by Crippen LogP contribution is 2.14. The van der Waals surface area contributed by atoms with Crippen LogP contribution in [-0.4, -0.2) is 55.8 Å². The van der Waals surface area contributed by atoms with Gasteiger partial charge >= 0.3 is 0 Å². The lowest BCUT2D eigenvalue weighted by Gasteiger charge is -2.34. The van der Waals surface area contributed by atoms with Gasteiger partial charge in [-0.05, 0) is 29.8 Å². The molecule has 4 heterocycles. The predicted octanol–water partition coefficient (Wildman–Crippen LogP) is 2.38. The maximum atomic E-state index is 13.0. The Morgan fingerprint density at radius 1 is 0.903 bits per heavy atom. The highest BCUT2D eigenvalue weighted by Gasteiger charge is 2.21. The summed E-state index contributed by atoms with van der Waals surface area (Å²) in [5.41, 5.74) is 3.25. The van der Waals surface area contributed by atoms with Crippen LogP contribution in [0.5, 0.6) is 0 Å². The first kappa shape index (κ1) is 19.5. The van der Waals surface area contributed by atoms with Gasteiger partial charge < -0.3 is 9.30 Å². The molecular weight excluding hydrogens is 390 g/mol. The number of carbonyl (C=O) groups is 1. The van der Waals surface area contributed by atoms with Gasteiger partial charge in [0.25, 0.3) is 5.56 Å². The van der Waals surface area contributed by atoms with Gasteiger partial charge in [-0.2, -0.15) is 0 Å². The van der Waals surface area contributed by atoms with E-state index in [1.807, 2.05) is 39.8 Å². The van der Waals surface area contributed by atoms with Crippen molar-refractivity contribution < 1.29 is 4.79 Å². The van der Waals surface area contributed by atoms with Crippen molar-refractivity contribution in [3.63, 3.8) is 0 Å². The molecule has 0 spiro atoms. The van der Waals surface area contributed by atoms with E-state index in [1.165, 1.54) is 5.56 Å². The molecule has 1 aliphatic rings. The maximum Gasteiger partial charge on any atom is 0.276 e. The van der Waals surface area contributed by atoms with Gasteiger partial charge in [-0.25, -0.2) is 4.98 Å². The molecule has 5 rings (SSSR count). The first-order valence-corrected chi connectivity index (χ1v) is 10.7. The van der Waals surface area contributed by atoms with Gasteiger partial charge in [0, 0.05) is 58.1 Å². The van der Waals surface area contributed by atoms with Crippen molar-refractivity contribution in [1.82, 2.24) is 23.8 Å². The average Bonchev–Trinajstić information content (AvgIpc) is 3.31. The largest absolute Gasteiger partial charge is 0.340 e. The first-order chi connectivity index (χ1) is 15.2. The summed E-state index contributed by atoms with van der Waals surface area (Å²) >= 11 is 0. The molecule has 7 nitrogen and oxygen atoms in total. The lowest BCUT2D eigenvalue weighted by atomic mass is 10.2. The molecule has 0 saturated carbocycles. The zero-order chi connectivity index (χ0) is 21.2. The average molecular weight is 415 g/mol. The molecule has 1 aliphatic heterocycles. The summed E-state index contributed by atoms with van der Waals surface area (Å²) in [4.78, 5) is 34.6. The van der Waals surface area contributed by atoms with Gasteiger partial charge in [-0.1, -0.05) is 30.3 Å². The molecule has 0 atom stereocenters. The Bertz CT molecular complexity index is 1270. The van der Waals surface area contributed by atoms with Gasteiger partial charge in [0.2, 0.25) is 5.91 Å². The minimum Gasteiger partial charge on any atom is -0.340 e. The van der Waals surface area contributed by atoms with Crippen LogP contribution >= 0.6 is 0 Å². The Morgan fingerprint density at radius 2 is 1.68 bits per heavy atom. The van der Waals surface area contributed by atoms with E-state index in [1.54, 1.807) is 16.8 Å². The Balaban J connectivity index is 1.25. The van der Waals surface area contributed by atoms with E-state index in [9.17, 15) is 9.59 Å². The summed E-state index contributed by atoms with van der Waals surface area (Å²) in [6.45, 7) is 4.40. The quantitative estimate of drug-likeness (QED) is 0.502. The van der Waals surface area contributed by atoms with Crippen LogP contribution in [0.15, 0.2) is 71.8 Å². The third-order valence-corrected chi connectivity index (χ3v) is 6.02. The molecule has 31 heavy (non-hydrogen) atoms. The molecule has 1 fully saturated rings. The van der Waals surface area contributed by atoms with E-state index < -0.39 is 0 Å². The highest BCUT2D eigenvalue weighted by atomic mass is 16.2. The number of fused-ring (bicyclic) bond motifs is 3. The second-order valence-corrected chi connectivity index (χ2v) is 7.96. The minimum atomic E-state index is -0.114. The molecule has 1 saturated heterocycles. The highest BCUT2D eigenvalue weighted by molar-refractivity contribution is 5.77. The number of hydrogen-bond donors (Lipinski definition) is 0. The lowest BCUT2D eigenvalue weighted by Crippen LogP contribution is -2.48. The Morgan fingerprint density at radius 3 is 2.48 bits per heavy atom. The molecule has 0 unspecified atom stereocenters.